The molecule has 25 heavy (non-hydrogen) atoms. The number of carbonyl (C=O) groups is 1. The molecule has 1 saturated heterocycles. The van der Waals surface area contributed by atoms with Crippen LogP contribution >= 0.6 is 0 Å². The van der Waals surface area contributed by atoms with Gasteiger partial charge in [0.25, 0.3) is 0 Å². The molecule has 0 spiro atoms. The van der Waals surface area contributed by atoms with Gasteiger partial charge in [-0.25, -0.2) is 0 Å². The maximum Gasteiger partial charge on any atom is 0.223 e. The van der Waals surface area contributed by atoms with Crippen LogP contribution in [0.3, 0.4) is 0 Å². The van der Waals surface area contributed by atoms with Gasteiger partial charge in [-0.2, -0.15) is 0 Å². The highest BCUT2D eigenvalue weighted by Crippen LogP contribution is 2.19. The first kappa shape index (κ1) is 17.3. The van der Waals surface area contributed by atoms with Crippen LogP contribution in [0.1, 0.15) is 24.8 Å². The van der Waals surface area contributed by atoms with Crippen LogP contribution in [0.5, 0.6) is 11.5 Å². The Morgan fingerprint density at radius 1 is 1.16 bits per heavy atom. The minimum absolute atomic E-state index is 0.0566. The second-order valence-corrected chi connectivity index (χ2v) is 6.25. The maximum absolute atomic E-state index is 12.5. The third kappa shape index (κ3) is 4.95. The first-order valence-corrected chi connectivity index (χ1v) is 8.72. The van der Waals surface area contributed by atoms with Crippen LogP contribution in [0.15, 0.2) is 48.8 Å². The summed E-state index contributed by atoms with van der Waals surface area (Å²) >= 11 is 0. The summed E-state index contributed by atoms with van der Waals surface area (Å²) in [5, 5.41) is 0. The van der Waals surface area contributed by atoms with Gasteiger partial charge in [-0.3, -0.25) is 9.78 Å². The number of methoxy groups -OCH3 is 1. The molecule has 5 nitrogen and oxygen atoms in total. The molecule has 2 heterocycles. The second kappa shape index (κ2) is 8.51. The molecule has 0 bridgehead atoms. The highest BCUT2D eigenvalue weighted by atomic mass is 16.5. The zero-order chi connectivity index (χ0) is 17.5. The van der Waals surface area contributed by atoms with E-state index in [4.69, 9.17) is 9.47 Å². The highest BCUT2D eigenvalue weighted by Gasteiger charge is 2.24. The lowest BCUT2D eigenvalue weighted by Crippen LogP contribution is -2.44. The number of rotatable bonds is 6. The van der Waals surface area contributed by atoms with Crippen LogP contribution in [0.2, 0.25) is 0 Å². The fraction of sp³-hybridized carbons (Fsp3) is 0.400. The van der Waals surface area contributed by atoms with E-state index in [-0.39, 0.29) is 12.0 Å². The van der Waals surface area contributed by atoms with Crippen LogP contribution in [0.4, 0.5) is 0 Å². The van der Waals surface area contributed by atoms with Crippen molar-refractivity contribution in [2.24, 2.45) is 0 Å². The summed E-state index contributed by atoms with van der Waals surface area (Å²) < 4.78 is 11.1. The molecule has 132 valence electrons. The molecule has 1 aromatic carbocycles. The molecule has 3 rings (SSSR count). The Morgan fingerprint density at radius 3 is 2.64 bits per heavy atom. The standard InChI is InChI=1S/C20H24N2O3/c1-24-17-7-4-16(5-8-17)6-9-20(23)22-14-2-3-19(15-22)25-18-10-12-21-13-11-18/h4-5,7-8,10-13,19H,2-3,6,9,14-15H2,1H3/t19-/m1/s1. The third-order valence-corrected chi connectivity index (χ3v) is 4.47. The molecule has 1 amide bonds. The third-order valence-electron chi connectivity index (χ3n) is 4.47. The van der Waals surface area contributed by atoms with Gasteiger partial charge in [-0.05, 0) is 49.1 Å². The molecule has 1 fully saturated rings. The number of benzene rings is 1. The zero-order valence-electron chi connectivity index (χ0n) is 14.6. The molecule has 1 atom stereocenters. The summed E-state index contributed by atoms with van der Waals surface area (Å²) in [5.74, 6) is 1.84. The number of amides is 1. The Bertz CT molecular complexity index is 673. The quantitative estimate of drug-likeness (QED) is 0.811. The molecule has 0 radical (unpaired) electrons. The number of aromatic nitrogens is 1. The zero-order valence-corrected chi connectivity index (χ0v) is 14.6. The fourth-order valence-electron chi connectivity index (χ4n) is 3.07. The number of aryl methyl sites for hydroxylation is 1. The summed E-state index contributed by atoms with van der Waals surface area (Å²) in [4.78, 5) is 18.5. The van der Waals surface area contributed by atoms with Gasteiger partial charge < -0.3 is 14.4 Å². The molecule has 2 aromatic rings. The molecule has 1 aliphatic heterocycles. The first-order chi connectivity index (χ1) is 12.2. The van der Waals surface area contributed by atoms with Crippen molar-refractivity contribution < 1.29 is 14.3 Å². The second-order valence-electron chi connectivity index (χ2n) is 6.25. The van der Waals surface area contributed by atoms with E-state index in [0.29, 0.717) is 13.0 Å². The van der Waals surface area contributed by atoms with Crippen molar-refractivity contribution in [2.45, 2.75) is 31.8 Å². The predicted molar refractivity (Wildman–Crippen MR) is 95.8 cm³/mol. The van der Waals surface area contributed by atoms with E-state index in [1.165, 1.54) is 0 Å². The lowest BCUT2D eigenvalue weighted by Gasteiger charge is -2.33. The predicted octanol–water partition coefficient (Wildman–Crippen LogP) is 3.09. The molecule has 5 heteroatoms. The van der Waals surface area contributed by atoms with Gasteiger partial charge in [-0.1, -0.05) is 12.1 Å². The number of pyridine rings is 1. The SMILES string of the molecule is COc1ccc(CCC(=O)N2CCC[C@@H](Oc3ccncc3)C2)cc1. The molecule has 0 saturated carbocycles. The van der Waals surface area contributed by atoms with E-state index in [0.717, 1.165) is 42.9 Å². The number of ether oxygens (including phenoxy) is 2. The van der Waals surface area contributed by atoms with Crippen molar-refractivity contribution in [2.75, 3.05) is 20.2 Å². The molecular weight excluding hydrogens is 316 g/mol. The van der Waals surface area contributed by atoms with Gasteiger partial charge >= 0.3 is 0 Å². The average Bonchev–Trinajstić information content (AvgIpc) is 2.67. The Hall–Kier alpha value is -2.56. The van der Waals surface area contributed by atoms with Crippen molar-refractivity contribution >= 4 is 5.91 Å². The van der Waals surface area contributed by atoms with E-state index in [1.807, 2.05) is 41.3 Å². The number of piperidine rings is 1. The molecule has 1 aromatic heterocycles. The lowest BCUT2D eigenvalue weighted by atomic mass is 10.1. The van der Waals surface area contributed by atoms with Crippen molar-refractivity contribution in [3.05, 3.63) is 54.4 Å². The van der Waals surface area contributed by atoms with E-state index >= 15 is 0 Å². The van der Waals surface area contributed by atoms with E-state index < -0.39 is 0 Å². The van der Waals surface area contributed by atoms with Gasteiger partial charge in [0.15, 0.2) is 0 Å². The Morgan fingerprint density at radius 2 is 1.92 bits per heavy atom. The minimum Gasteiger partial charge on any atom is -0.497 e. The smallest absolute Gasteiger partial charge is 0.223 e. The van der Waals surface area contributed by atoms with Crippen molar-refractivity contribution in [3.8, 4) is 11.5 Å². The molecule has 1 aliphatic rings. The lowest BCUT2D eigenvalue weighted by molar-refractivity contribution is -0.133. The normalized spacial score (nSPS) is 17.2. The van der Waals surface area contributed by atoms with E-state index in [9.17, 15) is 4.79 Å². The van der Waals surface area contributed by atoms with Crippen LogP contribution in [0, 0.1) is 0 Å². The number of likely N-dealkylation sites (tertiary alicyclic amines) is 1. The first-order valence-electron chi connectivity index (χ1n) is 8.72. The monoisotopic (exact) mass is 340 g/mol. The Kier molecular flexibility index (Phi) is 5.88. The summed E-state index contributed by atoms with van der Waals surface area (Å²) in [6.45, 7) is 1.47. The van der Waals surface area contributed by atoms with Gasteiger partial charge in [0.05, 0.1) is 13.7 Å². The van der Waals surface area contributed by atoms with Crippen molar-refractivity contribution in [1.82, 2.24) is 9.88 Å². The fourth-order valence-corrected chi connectivity index (χ4v) is 3.07. The van der Waals surface area contributed by atoms with Gasteiger partial charge in [-0.15, -0.1) is 0 Å². The average molecular weight is 340 g/mol. The van der Waals surface area contributed by atoms with Crippen LogP contribution in [0.25, 0.3) is 0 Å². The summed E-state index contributed by atoms with van der Waals surface area (Å²) in [5.41, 5.74) is 1.15. The summed E-state index contributed by atoms with van der Waals surface area (Å²) in [6.07, 6.45) is 6.71. The van der Waals surface area contributed by atoms with Crippen molar-refractivity contribution in [1.29, 1.82) is 0 Å². The Labute approximate surface area is 148 Å². The number of nitrogens with zero attached hydrogens (tertiary/aromatic N) is 2. The van der Waals surface area contributed by atoms with Gasteiger partial charge in [0.1, 0.15) is 17.6 Å². The highest BCUT2D eigenvalue weighted by molar-refractivity contribution is 5.76. The van der Waals surface area contributed by atoms with Crippen LogP contribution < -0.4 is 9.47 Å². The van der Waals surface area contributed by atoms with Crippen molar-refractivity contribution in [3.63, 3.8) is 0 Å². The molecular formula is C20H24N2O3. The van der Waals surface area contributed by atoms with Crippen LogP contribution in [-0.4, -0.2) is 42.1 Å². The van der Waals surface area contributed by atoms with E-state index in [1.54, 1.807) is 19.5 Å². The maximum atomic E-state index is 12.5. The topological polar surface area (TPSA) is 51.7 Å². The largest absolute Gasteiger partial charge is 0.497 e. The van der Waals surface area contributed by atoms with E-state index in [2.05, 4.69) is 4.98 Å². The van der Waals surface area contributed by atoms with Gasteiger partial charge in [0, 0.05) is 25.4 Å². The van der Waals surface area contributed by atoms with Gasteiger partial charge in [0.2, 0.25) is 5.91 Å². The summed E-state index contributed by atoms with van der Waals surface area (Å²) in [6, 6.07) is 11.6. The minimum atomic E-state index is 0.0566. The molecule has 0 unspecified atom stereocenters. The summed E-state index contributed by atoms with van der Waals surface area (Å²) in [7, 11) is 1.65. The number of hydrogen-bond donors (Lipinski definition) is 0. The van der Waals surface area contributed by atoms with Crippen LogP contribution in [-0.2, 0) is 11.2 Å². The number of hydrogen-bond acceptors (Lipinski definition) is 4. The number of carbonyl (C=O) groups excluding carboxylic acids is 1. The molecule has 0 N–H and O–H groups in total. The molecule has 0 aliphatic carbocycles. The Balaban J connectivity index is 1.49.